The quantitative estimate of drug-likeness (QED) is 0.213. The van der Waals surface area contributed by atoms with Gasteiger partial charge in [0.05, 0.1) is 27.9 Å². The van der Waals surface area contributed by atoms with E-state index >= 15 is 0 Å². The molecule has 8 heteroatoms. The summed E-state index contributed by atoms with van der Waals surface area (Å²) in [4.78, 5) is 21.9. The summed E-state index contributed by atoms with van der Waals surface area (Å²) in [6.07, 6.45) is 10.7. The second kappa shape index (κ2) is 14.9. The van der Waals surface area contributed by atoms with Crippen molar-refractivity contribution in [3.8, 4) is 11.3 Å². The van der Waals surface area contributed by atoms with Crippen molar-refractivity contribution < 1.29 is 9.00 Å². The average Bonchev–Trinajstić information content (AvgIpc) is 2.99. The van der Waals surface area contributed by atoms with E-state index in [9.17, 15) is 9.00 Å². The Kier molecular flexibility index (Phi) is 11.1. The number of benzene rings is 3. The lowest BCUT2D eigenvalue weighted by molar-refractivity contribution is 0.102. The predicted octanol–water partition coefficient (Wildman–Crippen LogP) is 8.44. The summed E-state index contributed by atoms with van der Waals surface area (Å²) in [6, 6.07) is 20.1. The summed E-state index contributed by atoms with van der Waals surface area (Å²) in [5.41, 5.74) is 4.89. The summed E-state index contributed by atoms with van der Waals surface area (Å²) < 4.78 is 14.1. The van der Waals surface area contributed by atoms with Gasteiger partial charge in [-0.25, -0.2) is 9.19 Å². The van der Waals surface area contributed by atoms with Gasteiger partial charge >= 0.3 is 0 Å². The number of fused-ring (bicyclic) bond motifs is 1. The predicted molar refractivity (Wildman–Crippen MR) is 168 cm³/mol. The van der Waals surface area contributed by atoms with E-state index in [4.69, 9.17) is 11.6 Å². The molecule has 0 saturated carbocycles. The molecular weight excluding hydrogens is 540 g/mol. The molecular formula is C32H37ClN4O2S. The fourth-order valence-electron chi connectivity index (χ4n) is 4.49. The Morgan fingerprint density at radius 3 is 2.38 bits per heavy atom. The first-order valence-electron chi connectivity index (χ1n) is 14.1. The second-order valence-electron chi connectivity index (χ2n) is 9.84. The van der Waals surface area contributed by atoms with Gasteiger partial charge in [-0.05, 0) is 67.4 Å². The first-order chi connectivity index (χ1) is 19.5. The molecule has 0 spiro atoms. The van der Waals surface area contributed by atoms with Crippen LogP contribution in [0.4, 0.5) is 11.4 Å². The minimum absolute atomic E-state index is 0.237. The Hall–Kier alpha value is -3.29. The summed E-state index contributed by atoms with van der Waals surface area (Å²) in [7, 11) is -1.00. The number of para-hydroxylation sites is 2. The van der Waals surface area contributed by atoms with Crippen molar-refractivity contribution in [2.75, 3.05) is 21.9 Å². The van der Waals surface area contributed by atoms with Crippen LogP contribution in [0, 0.1) is 0 Å². The van der Waals surface area contributed by atoms with Crippen LogP contribution in [0.15, 0.2) is 72.9 Å². The van der Waals surface area contributed by atoms with Crippen molar-refractivity contribution in [3.63, 3.8) is 0 Å². The first kappa shape index (κ1) is 29.7. The number of hydrogen-bond donors (Lipinski definition) is 1. The van der Waals surface area contributed by atoms with Gasteiger partial charge in [0.2, 0.25) is 0 Å². The smallest absolute Gasteiger partial charge is 0.255 e. The Balaban J connectivity index is 0.000000470. The molecule has 5 rings (SSSR count). The summed E-state index contributed by atoms with van der Waals surface area (Å²) >= 11 is 6.43. The lowest BCUT2D eigenvalue weighted by Gasteiger charge is -2.27. The van der Waals surface area contributed by atoms with Crippen LogP contribution in [0.3, 0.4) is 0 Å². The highest BCUT2D eigenvalue weighted by molar-refractivity contribution is 7.86. The maximum atomic E-state index is 12.8. The van der Waals surface area contributed by atoms with Crippen LogP contribution in [0.1, 0.15) is 69.2 Å². The second-order valence-corrected chi connectivity index (χ2v) is 11.7. The van der Waals surface area contributed by atoms with E-state index in [0.717, 1.165) is 36.1 Å². The molecule has 1 aromatic heterocycles. The number of halogens is 1. The van der Waals surface area contributed by atoms with Crippen molar-refractivity contribution in [3.05, 3.63) is 83.5 Å². The molecule has 0 radical (unpaired) electrons. The molecule has 1 unspecified atom stereocenters. The first-order valence-corrected chi connectivity index (χ1v) is 15.7. The zero-order chi connectivity index (χ0) is 28.3. The molecule has 1 amide bonds. The lowest BCUT2D eigenvalue weighted by atomic mass is 10.1. The van der Waals surface area contributed by atoms with Crippen molar-refractivity contribution >= 4 is 50.9 Å². The van der Waals surface area contributed by atoms with Crippen LogP contribution in [-0.2, 0) is 11.0 Å². The van der Waals surface area contributed by atoms with Crippen molar-refractivity contribution in [1.29, 1.82) is 0 Å². The Morgan fingerprint density at radius 2 is 1.68 bits per heavy atom. The van der Waals surface area contributed by atoms with Crippen LogP contribution in [0.5, 0.6) is 0 Å². The maximum Gasteiger partial charge on any atom is 0.255 e. The summed E-state index contributed by atoms with van der Waals surface area (Å²) in [5, 5.41) is 3.45. The Morgan fingerprint density at radius 1 is 0.950 bits per heavy atom. The third-order valence-electron chi connectivity index (χ3n) is 6.75. The van der Waals surface area contributed by atoms with E-state index in [1.54, 1.807) is 36.5 Å². The molecule has 1 fully saturated rings. The number of unbranched alkanes of at least 4 members (excludes halogenated alkanes) is 4. The molecule has 210 valence electrons. The minimum Gasteiger partial charge on any atom is -0.322 e. The maximum absolute atomic E-state index is 12.8. The van der Waals surface area contributed by atoms with Gasteiger partial charge < -0.3 is 5.32 Å². The van der Waals surface area contributed by atoms with Crippen molar-refractivity contribution in [2.45, 2.75) is 58.8 Å². The molecule has 4 aromatic rings. The van der Waals surface area contributed by atoms with Gasteiger partial charge in [-0.2, -0.15) is 0 Å². The van der Waals surface area contributed by atoms with Crippen molar-refractivity contribution in [1.82, 2.24) is 9.97 Å². The SMILES string of the molecule is CCCCCCC.O=C(Nc1ccc(Cl)c(-c2cnc3ccccc3n2)c1)c1ccc(N2CCCCS2=O)cc1. The van der Waals surface area contributed by atoms with Crippen LogP contribution in [0.2, 0.25) is 5.02 Å². The van der Waals surface area contributed by atoms with Gasteiger partial charge in [0.1, 0.15) is 11.0 Å². The van der Waals surface area contributed by atoms with E-state index in [1.165, 1.54) is 32.1 Å². The molecule has 2 heterocycles. The molecule has 0 bridgehead atoms. The molecule has 6 nitrogen and oxygen atoms in total. The number of anilines is 2. The van der Waals surface area contributed by atoms with Gasteiger partial charge in [-0.1, -0.05) is 69.7 Å². The molecule has 3 aromatic carbocycles. The molecule has 1 atom stereocenters. The van der Waals surface area contributed by atoms with Crippen LogP contribution in [-0.4, -0.2) is 32.4 Å². The normalized spacial score (nSPS) is 14.9. The monoisotopic (exact) mass is 576 g/mol. The number of nitrogens with zero attached hydrogens (tertiary/aromatic N) is 3. The molecule has 1 aliphatic heterocycles. The van der Waals surface area contributed by atoms with Crippen molar-refractivity contribution in [2.24, 2.45) is 0 Å². The van der Waals surface area contributed by atoms with Crippen LogP contribution < -0.4 is 9.62 Å². The fraction of sp³-hybridized carbons (Fsp3) is 0.344. The van der Waals surface area contributed by atoms with Gasteiger partial charge in [0.15, 0.2) is 0 Å². The standard InChI is InChI=1S/C25H21ClN4O2S.C7H16/c26-21-12-9-18(15-20(21)24-16-27-22-5-1-2-6-23(22)29-24)28-25(31)17-7-10-19(11-8-17)30-13-3-4-14-33(30)32;1-3-5-7-6-4-2/h1-2,5-12,15-16H,3-4,13-14H2,(H,28,31);3-7H2,1-2H3. The van der Waals surface area contributed by atoms with E-state index < -0.39 is 11.0 Å². The van der Waals surface area contributed by atoms with Crippen LogP contribution in [0.25, 0.3) is 22.3 Å². The molecule has 1 N–H and O–H groups in total. The Bertz CT molecular complexity index is 1440. The van der Waals surface area contributed by atoms with Crippen LogP contribution >= 0.6 is 11.6 Å². The Labute approximate surface area is 244 Å². The third kappa shape index (κ3) is 7.89. The fourth-order valence-corrected chi connectivity index (χ4v) is 6.06. The molecule has 0 aliphatic carbocycles. The number of carbonyl (C=O) groups excluding carboxylic acids is 1. The minimum atomic E-state index is -1.00. The number of amides is 1. The number of carbonyl (C=O) groups is 1. The van der Waals surface area contributed by atoms with E-state index in [-0.39, 0.29) is 5.91 Å². The molecule has 40 heavy (non-hydrogen) atoms. The number of aromatic nitrogens is 2. The van der Waals surface area contributed by atoms with Gasteiger partial charge in [0.25, 0.3) is 5.91 Å². The number of nitrogens with one attached hydrogen (secondary N) is 1. The lowest BCUT2D eigenvalue weighted by Crippen LogP contribution is -2.32. The zero-order valence-corrected chi connectivity index (χ0v) is 24.8. The van der Waals surface area contributed by atoms with E-state index in [2.05, 4.69) is 29.1 Å². The highest BCUT2D eigenvalue weighted by atomic mass is 35.5. The number of hydrogen-bond acceptors (Lipinski definition) is 4. The average molecular weight is 577 g/mol. The zero-order valence-electron chi connectivity index (χ0n) is 23.2. The van der Waals surface area contributed by atoms with Gasteiger partial charge in [-0.15, -0.1) is 0 Å². The van der Waals surface area contributed by atoms with E-state index in [1.807, 2.05) is 40.7 Å². The van der Waals surface area contributed by atoms with E-state index in [0.29, 0.717) is 33.3 Å². The number of rotatable bonds is 8. The third-order valence-corrected chi connectivity index (χ3v) is 8.60. The molecule has 1 saturated heterocycles. The molecule has 1 aliphatic rings. The highest BCUT2D eigenvalue weighted by Crippen LogP contribution is 2.30. The summed E-state index contributed by atoms with van der Waals surface area (Å²) in [6.45, 7) is 5.26. The largest absolute Gasteiger partial charge is 0.322 e. The highest BCUT2D eigenvalue weighted by Gasteiger charge is 2.19. The van der Waals surface area contributed by atoms with Gasteiger partial charge in [0, 0.05) is 34.8 Å². The topological polar surface area (TPSA) is 75.2 Å². The summed E-state index contributed by atoms with van der Waals surface area (Å²) in [5.74, 6) is 0.446. The van der Waals surface area contributed by atoms with Gasteiger partial charge in [-0.3, -0.25) is 14.1 Å².